The summed E-state index contributed by atoms with van der Waals surface area (Å²) in [4.78, 5) is 43.2. The fourth-order valence-corrected chi connectivity index (χ4v) is 3.86. The van der Waals surface area contributed by atoms with E-state index in [0.717, 1.165) is 10.5 Å². The van der Waals surface area contributed by atoms with E-state index in [1.54, 1.807) is 49.2 Å². The van der Waals surface area contributed by atoms with E-state index in [1.807, 2.05) is 38.1 Å². The van der Waals surface area contributed by atoms with Gasteiger partial charge in [-0.15, -0.1) is 0 Å². The number of H-pyrrole nitrogens is 1. The number of aromatic nitrogens is 2. The van der Waals surface area contributed by atoms with Gasteiger partial charge in [0.2, 0.25) is 0 Å². The smallest absolute Gasteiger partial charge is 0.282 e. The lowest BCUT2D eigenvalue weighted by molar-refractivity contribution is -0.120. The maximum absolute atomic E-state index is 13.6. The Morgan fingerprint density at radius 1 is 0.903 bits per heavy atom. The van der Waals surface area contributed by atoms with E-state index in [9.17, 15) is 14.4 Å². The Labute approximate surface area is 180 Å². The van der Waals surface area contributed by atoms with Crippen molar-refractivity contribution in [3.05, 3.63) is 87.5 Å². The number of amides is 2. The first-order valence-corrected chi connectivity index (χ1v) is 10.1. The number of likely N-dealkylation sites (N-methyl/N-ethyl adjacent to an activating group) is 1. The average Bonchev–Trinajstić information content (AvgIpc) is 3.19. The molecule has 2 amide bonds. The van der Waals surface area contributed by atoms with Gasteiger partial charge in [-0.1, -0.05) is 30.3 Å². The van der Waals surface area contributed by atoms with Crippen molar-refractivity contribution in [2.24, 2.45) is 0 Å². The molecule has 0 fully saturated rings. The molecule has 4 rings (SSSR count). The zero-order chi connectivity index (χ0) is 22.3. The van der Waals surface area contributed by atoms with Crippen molar-refractivity contribution in [3.8, 4) is 5.69 Å². The Kier molecular flexibility index (Phi) is 5.10. The van der Waals surface area contributed by atoms with E-state index in [-0.39, 0.29) is 22.4 Å². The third kappa shape index (κ3) is 3.28. The van der Waals surface area contributed by atoms with E-state index in [2.05, 4.69) is 5.10 Å². The number of hydrogen-bond acceptors (Lipinski definition) is 4. The van der Waals surface area contributed by atoms with Gasteiger partial charge in [-0.05, 0) is 50.6 Å². The summed E-state index contributed by atoms with van der Waals surface area (Å²) < 4.78 is 1.40. The number of nitrogens with zero attached hydrogens (tertiary/aromatic N) is 3. The van der Waals surface area contributed by atoms with E-state index in [1.165, 1.54) is 4.68 Å². The van der Waals surface area contributed by atoms with Gasteiger partial charge in [0.1, 0.15) is 5.70 Å². The first-order valence-electron chi connectivity index (χ1n) is 10.1. The minimum Gasteiger partial charge on any atom is -0.370 e. The van der Waals surface area contributed by atoms with Gasteiger partial charge in [0, 0.05) is 19.3 Å². The summed E-state index contributed by atoms with van der Waals surface area (Å²) in [5, 5.41) is 3.05. The predicted molar refractivity (Wildman–Crippen MR) is 120 cm³/mol. The highest BCUT2D eigenvalue weighted by Crippen LogP contribution is 2.34. The molecule has 1 aliphatic heterocycles. The Hall–Kier alpha value is -3.87. The number of nitrogens with one attached hydrogen (secondary N) is 1. The van der Waals surface area contributed by atoms with Gasteiger partial charge in [0.15, 0.2) is 0 Å². The average molecular weight is 416 g/mol. The van der Waals surface area contributed by atoms with Crippen LogP contribution in [0.3, 0.4) is 0 Å². The van der Waals surface area contributed by atoms with Gasteiger partial charge in [-0.25, -0.2) is 9.58 Å². The second-order valence-electron chi connectivity index (χ2n) is 7.61. The summed E-state index contributed by atoms with van der Waals surface area (Å²) in [5.74, 6) is -0.925. The van der Waals surface area contributed by atoms with Crippen LogP contribution in [0.5, 0.6) is 0 Å². The van der Waals surface area contributed by atoms with Crippen molar-refractivity contribution in [3.63, 3.8) is 0 Å². The molecule has 31 heavy (non-hydrogen) atoms. The molecule has 2 aromatic carbocycles. The molecular formula is C24H24N4O3. The Bertz CT molecular complexity index is 1270. The van der Waals surface area contributed by atoms with Crippen molar-refractivity contribution in [2.75, 3.05) is 18.5 Å². The molecule has 7 nitrogen and oxygen atoms in total. The van der Waals surface area contributed by atoms with Crippen LogP contribution in [0, 0.1) is 13.8 Å². The fourth-order valence-electron chi connectivity index (χ4n) is 3.86. The van der Waals surface area contributed by atoms with Gasteiger partial charge >= 0.3 is 0 Å². The summed E-state index contributed by atoms with van der Waals surface area (Å²) >= 11 is 0. The minimum atomic E-state index is -0.495. The first-order chi connectivity index (χ1) is 14.8. The van der Waals surface area contributed by atoms with Crippen LogP contribution in [0.15, 0.2) is 65.1 Å². The summed E-state index contributed by atoms with van der Waals surface area (Å²) in [6, 6.07) is 16.3. The molecule has 0 atom stereocenters. The van der Waals surface area contributed by atoms with Gasteiger partial charge < -0.3 is 4.90 Å². The number of benzene rings is 2. The Morgan fingerprint density at radius 2 is 1.58 bits per heavy atom. The van der Waals surface area contributed by atoms with Crippen molar-refractivity contribution in [2.45, 2.75) is 20.8 Å². The summed E-state index contributed by atoms with van der Waals surface area (Å²) in [5.41, 5.74) is 2.81. The topological polar surface area (TPSA) is 78.4 Å². The van der Waals surface area contributed by atoms with Gasteiger partial charge in [-0.2, -0.15) is 0 Å². The van der Waals surface area contributed by atoms with Gasteiger partial charge in [-0.3, -0.25) is 19.5 Å². The van der Waals surface area contributed by atoms with E-state index in [4.69, 9.17) is 0 Å². The van der Waals surface area contributed by atoms with Crippen molar-refractivity contribution in [1.29, 1.82) is 0 Å². The molecule has 0 saturated carbocycles. The number of aryl methyl sites for hydroxylation is 2. The lowest BCUT2D eigenvalue weighted by Crippen LogP contribution is -2.34. The molecule has 0 saturated heterocycles. The fraction of sp³-hybridized carbons (Fsp3) is 0.208. The quantitative estimate of drug-likeness (QED) is 0.649. The lowest BCUT2D eigenvalue weighted by Gasteiger charge is -2.19. The number of carbonyl (C=O) groups is 2. The number of anilines is 1. The van der Waals surface area contributed by atoms with Gasteiger partial charge in [0.05, 0.1) is 22.5 Å². The highest BCUT2D eigenvalue weighted by molar-refractivity contribution is 6.45. The molecule has 158 valence electrons. The maximum Gasteiger partial charge on any atom is 0.282 e. The van der Waals surface area contributed by atoms with E-state index < -0.39 is 11.8 Å². The molecule has 1 aromatic heterocycles. The highest BCUT2D eigenvalue weighted by Gasteiger charge is 2.43. The standard InChI is InChI=1S/C24H24N4O3/c1-5-26(4)21-20(22(29)27(24(21)31)18-13-9-10-15(2)14-18)19-16(3)25-28(23(19)30)17-11-7-6-8-12-17/h6-14,25H,5H2,1-4H3. The summed E-state index contributed by atoms with van der Waals surface area (Å²) in [6.07, 6.45) is 0. The molecule has 0 radical (unpaired) electrons. The third-order valence-electron chi connectivity index (χ3n) is 5.51. The van der Waals surface area contributed by atoms with Crippen molar-refractivity contribution >= 4 is 23.1 Å². The minimum absolute atomic E-state index is 0.129. The van der Waals surface area contributed by atoms with Crippen LogP contribution in [-0.4, -0.2) is 40.1 Å². The molecule has 0 bridgehead atoms. The van der Waals surface area contributed by atoms with Crippen LogP contribution >= 0.6 is 0 Å². The van der Waals surface area contributed by atoms with Crippen LogP contribution in [0.2, 0.25) is 0 Å². The summed E-state index contributed by atoms with van der Waals surface area (Å²) in [7, 11) is 1.75. The summed E-state index contributed by atoms with van der Waals surface area (Å²) in [6.45, 7) is 6.04. The number of rotatable bonds is 5. The van der Waals surface area contributed by atoms with Crippen LogP contribution in [-0.2, 0) is 9.59 Å². The van der Waals surface area contributed by atoms with Crippen LogP contribution in [0.25, 0.3) is 11.3 Å². The molecule has 2 heterocycles. The van der Waals surface area contributed by atoms with Crippen LogP contribution < -0.4 is 10.5 Å². The maximum atomic E-state index is 13.6. The third-order valence-corrected chi connectivity index (χ3v) is 5.51. The SMILES string of the molecule is CCN(C)C1=C(c2c(C)[nH]n(-c3ccccc3)c2=O)C(=O)N(c2cccc(C)c2)C1=O. The molecule has 0 spiro atoms. The molecule has 7 heteroatoms. The number of para-hydroxylation sites is 1. The molecule has 3 aromatic rings. The number of carbonyl (C=O) groups excluding carboxylic acids is 2. The van der Waals surface area contributed by atoms with Crippen LogP contribution in [0.1, 0.15) is 23.7 Å². The second kappa shape index (κ2) is 7.75. The Balaban J connectivity index is 1.92. The molecule has 1 aliphatic rings. The molecule has 0 unspecified atom stereocenters. The number of imide groups is 1. The zero-order valence-electron chi connectivity index (χ0n) is 18.0. The molecule has 1 N–H and O–H groups in total. The van der Waals surface area contributed by atoms with E-state index >= 15 is 0 Å². The first kappa shape index (κ1) is 20.4. The number of hydrogen-bond donors (Lipinski definition) is 1. The Morgan fingerprint density at radius 3 is 2.23 bits per heavy atom. The van der Waals surface area contributed by atoms with Gasteiger partial charge in [0.25, 0.3) is 17.4 Å². The normalized spacial score (nSPS) is 14.0. The predicted octanol–water partition coefficient (Wildman–Crippen LogP) is 3.02. The molecular weight excluding hydrogens is 392 g/mol. The monoisotopic (exact) mass is 416 g/mol. The molecule has 0 aliphatic carbocycles. The van der Waals surface area contributed by atoms with E-state index in [0.29, 0.717) is 23.6 Å². The largest absolute Gasteiger partial charge is 0.370 e. The number of aromatic amines is 1. The lowest BCUT2D eigenvalue weighted by atomic mass is 10.0. The van der Waals surface area contributed by atoms with Crippen molar-refractivity contribution < 1.29 is 9.59 Å². The second-order valence-corrected chi connectivity index (χ2v) is 7.61. The van der Waals surface area contributed by atoms with Crippen LogP contribution in [0.4, 0.5) is 5.69 Å². The zero-order valence-corrected chi connectivity index (χ0v) is 18.0. The highest BCUT2D eigenvalue weighted by atomic mass is 16.2. The van der Waals surface area contributed by atoms with Crippen molar-refractivity contribution in [1.82, 2.24) is 14.7 Å².